The van der Waals surface area contributed by atoms with Crippen molar-refractivity contribution >= 4 is 11.8 Å². The zero-order valence-corrected chi connectivity index (χ0v) is 19.8. The SMILES string of the molecule is CCOC(=O)CC(Cc1cc(OCCc2ccc3c(n2)NCCC3)n[nH]1)c1ccc2c(c1)OCO2. The van der Waals surface area contributed by atoms with Crippen LogP contribution in [0.2, 0.25) is 0 Å². The predicted molar refractivity (Wildman–Crippen MR) is 129 cm³/mol. The molecule has 0 fully saturated rings. The van der Waals surface area contributed by atoms with Gasteiger partial charge in [-0.2, -0.15) is 0 Å². The Kier molecular flexibility index (Phi) is 7.02. The Morgan fingerprint density at radius 2 is 2.09 bits per heavy atom. The number of H-pyrrole nitrogens is 1. The number of fused-ring (bicyclic) bond motifs is 2. The van der Waals surface area contributed by atoms with E-state index in [1.165, 1.54) is 5.56 Å². The first kappa shape index (κ1) is 23.0. The van der Waals surface area contributed by atoms with Crippen LogP contribution in [0, 0.1) is 0 Å². The molecule has 1 atom stereocenters. The first-order valence-electron chi connectivity index (χ1n) is 12.1. The van der Waals surface area contributed by atoms with Gasteiger partial charge in [0.05, 0.1) is 19.6 Å². The van der Waals surface area contributed by atoms with Crippen LogP contribution in [0.15, 0.2) is 36.4 Å². The minimum Gasteiger partial charge on any atom is -0.476 e. The number of carbonyl (C=O) groups is 1. The van der Waals surface area contributed by atoms with Gasteiger partial charge in [-0.1, -0.05) is 12.1 Å². The van der Waals surface area contributed by atoms with Crippen molar-refractivity contribution in [2.75, 3.05) is 31.9 Å². The molecule has 2 aliphatic rings. The highest BCUT2D eigenvalue weighted by atomic mass is 16.7. The van der Waals surface area contributed by atoms with Crippen molar-refractivity contribution in [3.05, 3.63) is 58.9 Å². The number of benzene rings is 1. The molecular formula is C26H30N4O5. The molecule has 0 radical (unpaired) electrons. The van der Waals surface area contributed by atoms with Crippen LogP contribution in [0.1, 0.15) is 48.2 Å². The lowest BCUT2D eigenvalue weighted by atomic mass is 9.91. The van der Waals surface area contributed by atoms with Crippen LogP contribution in [0.4, 0.5) is 5.82 Å². The van der Waals surface area contributed by atoms with Gasteiger partial charge < -0.3 is 24.3 Å². The number of anilines is 1. The maximum Gasteiger partial charge on any atom is 0.306 e. The Balaban J connectivity index is 1.21. The molecule has 0 saturated carbocycles. The molecule has 184 valence electrons. The van der Waals surface area contributed by atoms with Crippen molar-refractivity contribution in [1.82, 2.24) is 15.2 Å². The summed E-state index contributed by atoms with van der Waals surface area (Å²) in [6.07, 6.45) is 3.74. The number of aryl methyl sites for hydroxylation is 1. The molecule has 0 saturated heterocycles. The average molecular weight is 479 g/mol. The molecule has 2 N–H and O–H groups in total. The van der Waals surface area contributed by atoms with Crippen molar-refractivity contribution in [2.24, 2.45) is 0 Å². The molecule has 0 amide bonds. The summed E-state index contributed by atoms with van der Waals surface area (Å²) in [4.78, 5) is 17.0. The largest absolute Gasteiger partial charge is 0.476 e. The van der Waals surface area contributed by atoms with Crippen molar-refractivity contribution in [2.45, 2.75) is 44.9 Å². The van der Waals surface area contributed by atoms with Crippen molar-refractivity contribution in [3.8, 4) is 17.4 Å². The van der Waals surface area contributed by atoms with Gasteiger partial charge in [-0.25, -0.2) is 4.98 Å². The van der Waals surface area contributed by atoms with E-state index >= 15 is 0 Å². The zero-order chi connectivity index (χ0) is 24.0. The molecule has 5 rings (SSSR count). The minimum atomic E-state index is -0.238. The van der Waals surface area contributed by atoms with E-state index in [2.05, 4.69) is 27.6 Å². The molecule has 2 aromatic heterocycles. The van der Waals surface area contributed by atoms with Crippen LogP contribution >= 0.6 is 0 Å². The Morgan fingerprint density at radius 3 is 3.00 bits per heavy atom. The number of pyridine rings is 1. The van der Waals surface area contributed by atoms with Gasteiger partial charge in [0.25, 0.3) is 0 Å². The third-order valence-corrected chi connectivity index (χ3v) is 6.22. The quantitative estimate of drug-likeness (QED) is 0.424. The van der Waals surface area contributed by atoms with E-state index in [-0.39, 0.29) is 25.1 Å². The molecule has 1 unspecified atom stereocenters. The number of ether oxygens (including phenoxy) is 4. The van der Waals surface area contributed by atoms with Crippen LogP contribution in [0.25, 0.3) is 0 Å². The van der Waals surface area contributed by atoms with E-state index in [0.29, 0.717) is 43.4 Å². The first-order chi connectivity index (χ1) is 17.2. The van der Waals surface area contributed by atoms with Gasteiger partial charge in [-0.05, 0) is 61.4 Å². The second kappa shape index (κ2) is 10.7. The van der Waals surface area contributed by atoms with Gasteiger partial charge in [0.2, 0.25) is 12.7 Å². The second-order valence-corrected chi connectivity index (χ2v) is 8.69. The first-order valence-corrected chi connectivity index (χ1v) is 12.1. The highest BCUT2D eigenvalue weighted by Gasteiger charge is 2.22. The van der Waals surface area contributed by atoms with E-state index in [1.54, 1.807) is 0 Å². The summed E-state index contributed by atoms with van der Waals surface area (Å²) in [5.41, 5.74) is 4.12. The van der Waals surface area contributed by atoms with E-state index in [1.807, 2.05) is 31.2 Å². The molecule has 0 aliphatic carbocycles. The van der Waals surface area contributed by atoms with Gasteiger partial charge in [0.15, 0.2) is 11.5 Å². The monoisotopic (exact) mass is 478 g/mol. The summed E-state index contributed by atoms with van der Waals surface area (Å²) in [6, 6.07) is 11.9. The van der Waals surface area contributed by atoms with E-state index in [4.69, 9.17) is 23.9 Å². The fourth-order valence-electron chi connectivity index (χ4n) is 4.45. The normalized spacial score (nSPS) is 14.7. The molecule has 1 aromatic carbocycles. The van der Waals surface area contributed by atoms with Gasteiger partial charge in [0.1, 0.15) is 5.82 Å². The smallest absolute Gasteiger partial charge is 0.306 e. The Morgan fingerprint density at radius 1 is 1.17 bits per heavy atom. The summed E-state index contributed by atoms with van der Waals surface area (Å²) < 4.78 is 22.0. The molecule has 4 heterocycles. The maximum atomic E-state index is 12.3. The highest BCUT2D eigenvalue weighted by Crippen LogP contribution is 2.36. The Labute approximate surface area is 204 Å². The summed E-state index contributed by atoms with van der Waals surface area (Å²) in [6.45, 7) is 3.82. The molecular weight excluding hydrogens is 448 g/mol. The van der Waals surface area contributed by atoms with E-state index < -0.39 is 0 Å². The lowest BCUT2D eigenvalue weighted by Crippen LogP contribution is -2.14. The van der Waals surface area contributed by atoms with Gasteiger partial charge in [-0.3, -0.25) is 9.89 Å². The van der Waals surface area contributed by atoms with E-state index in [0.717, 1.165) is 42.2 Å². The molecule has 9 nitrogen and oxygen atoms in total. The van der Waals surface area contributed by atoms with Crippen LogP contribution in [0.3, 0.4) is 0 Å². The zero-order valence-electron chi connectivity index (χ0n) is 19.8. The van der Waals surface area contributed by atoms with Gasteiger partial charge >= 0.3 is 5.97 Å². The number of esters is 1. The summed E-state index contributed by atoms with van der Waals surface area (Å²) in [5, 5.41) is 10.7. The average Bonchev–Trinajstić information content (AvgIpc) is 3.52. The number of rotatable bonds is 10. The molecule has 0 bridgehead atoms. The fraction of sp³-hybridized carbons (Fsp3) is 0.423. The Hall–Kier alpha value is -3.75. The number of nitrogens with zero attached hydrogens (tertiary/aromatic N) is 2. The number of aromatic nitrogens is 3. The predicted octanol–water partition coefficient (Wildman–Crippen LogP) is 3.79. The molecule has 2 aliphatic heterocycles. The fourth-order valence-corrected chi connectivity index (χ4v) is 4.45. The summed E-state index contributed by atoms with van der Waals surface area (Å²) in [7, 11) is 0. The number of carbonyl (C=O) groups excluding carboxylic acids is 1. The lowest BCUT2D eigenvalue weighted by molar-refractivity contribution is -0.143. The maximum absolute atomic E-state index is 12.3. The second-order valence-electron chi connectivity index (χ2n) is 8.69. The third-order valence-electron chi connectivity index (χ3n) is 6.22. The summed E-state index contributed by atoms with van der Waals surface area (Å²) >= 11 is 0. The minimum absolute atomic E-state index is 0.107. The molecule has 9 heteroatoms. The lowest BCUT2D eigenvalue weighted by Gasteiger charge is -2.17. The van der Waals surface area contributed by atoms with Crippen molar-refractivity contribution in [1.29, 1.82) is 0 Å². The molecule has 0 spiro atoms. The Bertz CT molecular complexity index is 1180. The van der Waals surface area contributed by atoms with Crippen LogP contribution in [-0.4, -0.2) is 47.7 Å². The number of hydrogen-bond acceptors (Lipinski definition) is 8. The van der Waals surface area contributed by atoms with Gasteiger partial charge in [0, 0.05) is 30.4 Å². The number of hydrogen-bond donors (Lipinski definition) is 2. The van der Waals surface area contributed by atoms with E-state index in [9.17, 15) is 4.79 Å². The van der Waals surface area contributed by atoms with Crippen molar-refractivity contribution < 1.29 is 23.7 Å². The van der Waals surface area contributed by atoms with Gasteiger partial charge in [-0.15, -0.1) is 5.10 Å². The van der Waals surface area contributed by atoms with Crippen LogP contribution < -0.4 is 19.5 Å². The molecule has 35 heavy (non-hydrogen) atoms. The molecule has 3 aromatic rings. The highest BCUT2D eigenvalue weighted by molar-refractivity contribution is 5.70. The van der Waals surface area contributed by atoms with Crippen LogP contribution in [0.5, 0.6) is 17.4 Å². The topological polar surface area (TPSA) is 108 Å². The van der Waals surface area contributed by atoms with Crippen molar-refractivity contribution in [3.63, 3.8) is 0 Å². The number of nitrogens with one attached hydrogen (secondary N) is 2. The summed E-state index contributed by atoms with van der Waals surface area (Å²) in [5.74, 6) is 2.58. The standard InChI is InChI=1S/C26H30N4O5/c1-2-32-25(31)14-19(18-6-8-22-23(13-18)35-16-34-22)12-21-15-24(30-29-21)33-11-9-20-7-5-17-4-3-10-27-26(17)28-20/h5-8,13,15,19H,2-4,9-12,14,16H2,1H3,(H,27,28)(H,29,30). The van der Waals surface area contributed by atoms with Crippen LogP contribution in [-0.2, 0) is 28.8 Å². The third kappa shape index (κ3) is 5.67. The number of aromatic amines is 1.